The van der Waals surface area contributed by atoms with E-state index in [0.717, 1.165) is 22.3 Å². The zero-order valence-electron chi connectivity index (χ0n) is 18.0. The van der Waals surface area contributed by atoms with Crippen LogP contribution in [0.1, 0.15) is 69.4 Å². The van der Waals surface area contributed by atoms with E-state index in [0.29, 0.717) is 5.56 Å². The van der Waals surface area contributed by atoms with Gasteiger partial charge < -0.3 is 20.4 Å². The largest absolute Gasteiger partial charge is 0.508 e. The van der Waals surface area contributed by atoms with Crippen LogP contribution in [-0.2, 0) is 10.8 Å². The molecule has 2 aromatic carbocycles. The number of benzene rings is 2. The first-order valence-electron chi connectivity index (χ1n) is 9.13. The average molecular weight is 375 g/mol. The van der Waals surface area contributed by atoms with Crippen LogP contribution in [0.3, 0.4) is 0 Å². The lowest BCUT2D eigenvalue weighted by atomic mass is 9.74. The molecular formula is C23H34O4. The third-order valence-electron chi connectivity index (χ3n) is 4.69. The maximum atomic E-state index is 10.0. The molecule has 0 spiro atoms. The van der Waals surface area contributed by atoms with Gasteiger partial charge in [0.2, 0.25) is 0 Å². The van der Waals surface area contributed by atoms with Crippen molar-refractivity contribution < 1.29 is 20.4 Å². The number of hydrogen-bond acceptors (Lipinski definition) is 4. The van der Waals surface area contributed by atoms with Crippen LogP contribution < -0.4 is 0 Å². The Morgan fingerprint density at radius 2 is 0.963 bits per heavy atom. The molecule has 0 aliphatic heterocycles. The maximum absolute atomic E-state index is 10.0. The van der Waals surface area contributed by atoms with Gasteiger partial charge in [-0.05, 0) is 66.5 Å². The minimum atomic E-state index is -0.189. The topological polar surface area (TPSA) is 80.9 Å². The summed E-state index contributed by atoms with van der Waals surface area (Å²) in [6.07, 6.45) is 0. The summed E-state index contributed by atoms with van der Waals surface area (Å²) in [4.78, 5) is 0. The Morgan fingerprint density at radius 3 is 1.30 bits per heavy atom. The van der Waals surface area contributed by atoms with Gasteiger partial charge in [0.05, 0.1) is 0 Å². The van der Waals surface area contributed by atoms with Crippen LogP contribution in [0.5, 0.6) is 23.0 Å². The quantitative estimate of drug-likeness (QED) is 0.445. The maximum Gasteiger partial charge on any atom is 0.121 e. The van der Waals surface area contributed by atoms with Gasteiger partial charge in [-0.1, -0.05) is 41.5 Å². The summed E-state index contributed by atoms with van der Waals surface area (Å²) in [7, 11) is 0. The zero-order chi connectivity index (χ0) is 21.3. The van der Waals surface area contributed by atoms with Gasteiger partial charge in [0.15, 0.2) is 0 Å². The first kappa shape index (κ1) is 22.7. The second-order valence-corrected chi connectivity index (χ2v) is 9.17. The van der Waals surface area contributed by atoms with E-state index in [4.69, 9.17) is 0 Å². The number of hydrogen-bond donors (Lipinski definition) is 4. The van der Waals surface area contributed by atoms with Crippen LogP contribution in [0.2, 0.25) is 0 Å². The Morgan fingerprint density at radius 1 is 0.593 bits per heavy atom. The smallest absolute Gasteiger partial charge is 0.121 e. The van der Waals surface area contributed by atoms with Gasteiger partial charge in [0.1, 0.15) is 23.0 Å². The molecule has 4 N–H and O–H groups in total. The molecule has 0 fully saturated rings. The van der Waals surface area contributed by atoms with Crippen LogP contribution in [0.15, 0.2) is 18.2 Å². The Bertz CT molecular complexity index is 757. The summed E-state index contributed by atoms with van der Waals surface area (Å²) < 4.78 is 0. The van der Waals surface area contributed by atoms with Crippen molar-refractivity contribution in [3.8, 4) is 23.0 Å². The lowest BCUT2D eigenvalue weighted by Crippen LogP contribution is -2.22. The van der Waals surface area contributed by atoms with Crippen molar-refractivity contribution >= 4 is 0 Å². The van der Waals surface area contributed by atoms with E-state index in [1.807, 2.05) is 41.5 Å². The molecule has 0 bridgehead atoms. The molecule has 0 radical (unpaired) electrons. The summed E-state index contributed by atoms with van der Waals surface area (Å²) >= 11 is 0. The molecule has 0 atom stereocenters. The van der Waals surface area contributed by atoms with Gasteiger partial charge >= 0.3 is 0 Å². The molecular weight excluding hydrogens is 340 g/mol. The van der Waals surface area contributed by atoms with Gasteiger partial charge in [-0.25, -0.2) is 0 Å². The Kier molecular flexibility index (Phi) is 6.48. The molecule has 150 valence electrons. The second kappa shape index (κ2) is 7.71. The average Bonchev–Trinajstić information content (AvgIpc) is 2.51. The molecule has 2 aromatic rings. The molecule has 4 nitrogen and oxygen atoms in total. The Balaban J connectivity index is 0.000000289. The molecule has 0 saturated heterocycles. The van der Waals surface area contributed by atoms with Crippen molar-refractivity contribution in [2.24, 2.45) is 0 Å². The second-order valence-electron chi connectivity index (χ2n) is 9.17. The summed E-state index contributed by atoms with van der Waals surface area (Å²) in [6.45, 7) is 17.6. The van der Waals surface area contributed by atoms with Gasteiger partial charge in [-0.2, -0.15) is 0 Å². The van der Waals surface area contributed by atoms with E-state index >= 15 is 0 Å². The third-order valence-corrected chi connectivity index (χ3v) is 4.69. The van der Waals surface area contributed by atoms with E-state index in [1.54, 1.807) is 39.0 Å². The standard InChI is InChI=1S/C14H22O2.C9H12O2/c1-13(2,3)11-9(15)7-8-10(16)12(11)14(4,5)6;1-5-4-8(10)6(2)7(3)9(5)11/h7-8,15-16H,1-6H3;4,10-11H,1-3H3. The van der Waals surface area contributed by atoms with E-state index in [-0.39, 0.29) is 33.8 Å². The molecule has 0 aliphatic rings. The lowest BCUT2D eigenvalue weighted by molar-refractivity contribution is 0.409. The first-order chi connectivity index (χ1) is 12.1. The third kappa shape index (κ3) is 5.09. The van der Waals surface area contributed by atoms with E-state index in [9.17, 15) is 20.4 Å². The predicted molar refractivity (Wildman–Crippen MR) is 111 cm³/mol. The number of aryl methyl sites for hydroxylation is 1. The minimum absolute atomic E-state index is 0.189. The summed E-state index contributed by atoms with van der Waals surface area (Å²) in [5.41, 5.74) is 3.50. The van der Waals surface area contributed by atoms with Crippen molar-refractivity contribution in [1.82, 2.24) is 0 Å². The molecule has 0 aromatic heterocycles. The van der Waals surface area contributed by atoms with Gasteiger partial charge in [0, 0.05) is 11.1 Å². The van der Waals surface area contributed by atoms with Crippen molar-refractivity contribution in [2.45, 2.75) is 73.1 Å². The molecule has 0 unspecified atom stereocenters. The monoisotopic (exact) mass is 374 g/mol. The van der Waals surface area contributed by atoms with Gasteiger partial charge in [0.25, 0.3) is 0 Å². The van der Waals surface area contributed by atoms with E-state index < -0.39 is 0 Å². The molecule has 0 saturated carbocycles. The van der Waals surface area contributed by atoms with E-state index in [1.165, 1.54) is 0 Å². The lowest BCUT2D eigenvalue weighted by Gasteiger charge is -2.31. The highest BCUT2D eigenvalue weighted by atomic mass is 16.3. The molecule has 0 amide bonds. The highest BCUT2D eigenvalue weighted by Gasteiger charge is 2.30. The molecule has 0 aliphatic carbocycles. The predicted octanol–water partition coefficient (Wildman–Crippen LogP) is 5.72. The number of phenols is 4. The van der Waals surface area contributed by atoms with Crippen LogP contribution >= 0.6 is 0 Å². The molecule has 0 heterocycles. The number of phenolic OH excluding ortho intramolecular Hbond substituents is 4. The number of aromatic hydroxyl groups is 4. The Labute approximate surface area is 163 Å². The van der Waals surface area contributed by atoms with Gasteiger partial charge in [-0.15, -0.1) is 0 Å². The zero-order valence-corrected chi connectivity index (χ0v) is 18.0. The summed E-state index contributed by atoms with van der Waals surface area (Å²) in [5, 5.41) is 38.7. The first-order valence-corrected chi connectivity index (χ1v) is 9.13. The van der Waals surface area contributed by atoms with Crippen molar-refractivity contribution in [2.75, 3.05) is 0 Å². The highest BCUT2D eigenvalue weighted by molar-refractivity contribution is 5.53. The van der Waals surface area contributed by atoms with Crippen LogP contribution in [0, 0.1) is 20.8 Å². The minimum Gasteiger partial charge on any atom is -0.508 e. The van der Waals surface area contributed by atoms with Crippen molar-refractivity contribution in [3.05, 3.63) is 46.0 Å². The van der Waals surface area contributed by atoms with Crippen LogP contribution in [-0.4, -0.2) is 20.4 Å². The SMILES string of the molecule is CC(C)(C)c1c(O)ccc(O)c1C(C)(C)C.Cc1cc(O)c(C)c(C)c1O. The summed E-state index contributed by atoms with van der Waals surface area (Å²) in [6, 6.07) is 4.69. The molecule has 27 heavy (non-hydrogen) atoms. The van der Waals surface area contributed by atoms with E-state index in [2.05, 4.69) is 0 Å². The van der Waals surface area contributed by atoms with Gasteiger partial charge in [-0.3, -0.25) is 0 Å². The van der Waals surface area contributed by atoms with Crippen LogP contribution in [0.4, 0.5) is 0 Å². The highest BCUT2D eigenvalue weighted by Crippen LogP contribution is 2.43. The molecule has 4 heteroatoms. The molecule has 2 rings (SSSR count). The van der Waals surface area contributed by atoms with Crippen LogP contribution in [0.25, 0.3) is 0 Å². The summed E-state index contributed by atoms with van der Waals surface area (Å²) in [5.74, 6) is 1.04. The fourth-order valence-electron chi connectivity index (χ4n) is 3.15. The fraction of sp³-hybridized carbons (Fsp3) is 0.478. The number of rotatable bonds is 0. The van der Waals surface area contributed by atoms with Crippen molar-refractivity contribution in [3.63, 3.8) is 0 Å². The Hall–Kier alpha value is -2.36. The fourth-order valence-corrected chi connectivity index (χ4v) is 3.15. The van der Waals surface area contributed by atoms with Crippen molar-refractivity contribution in [1.29, 1.82) is 0 Å². The normalized spacial score (nSPS) is 11.7.